The minimum Gasteiger partial charge on any atom is -0.362 e. The molecule has 0 fully saturated rings. The molecule has 1 rings (SSSR count). The SMILES string of the molecule is CCNC(=O)c1c[nH+]c(SC)nc1N. The molecular formula is C8H13N4OS+. The van der Waals surface area contributed by atoms with Crippen molar-refractivity contribution in [1.82, 2.24) is 10.3 Å². The Kier molecular flexibility index (Phi) is 3.70. The van der Waals surface area contributed by atoms with Crippen molar-refractivity contribution >= 4 is 23.5 Å². The van der Waals surface area contributed by atoms with Gasteiger partial charge in [0.1, 0.15) is 11.8 Å². The first-order valence-electron chi connectivity index (χ1n) is 4.19. The predicted molar refractivity (Wildman–Crippen MR) is 55.0 cm³/mol. The van der Waals surface area contributed by atoms with Gasteiger partial charge in [0, 0.05) is 6.54 Å². The predicted octanol–water partition coefficient (Wildman–Crippen LogP) is -0.0505. The van der Waals surface area contributed by atoms with Crippen molar-refractivity contribution in [3.63, 3.8) is 0 Å². The van der Waals surface area contributed by atoms with E-state index in [4.69, 9.17) is 5.73 Å². The number of carbonyl (C=O) groups excluding carboxylic acids is 1. The van der Waals surface area contributed by atoms with E-state index in [0.29, 0.717) is 17.3 Å². The Labute approximate surface area is 86.5 Å². The Bertz CT molecular complexity index is 342. The molecule has 0 radical (unpaired) electrons. The van der Waals surface area contributed by atoms with Gasteiger partial charge in [-0.3, -0.25) is 4.79 Å². The van der Waals surface area contributed by atoms with Gasteiger partial charge in [-0.2, -0.15) is 0 Å². The third-order valence-corrected chi connectivity index (χ3v) is 2.21. The lowest BCUT2D eigenvalue weighted by atomic mass is 10.3. The normalized spacial score (nSPS) is 9.86. The summed E-state index contributed by atoms with van der Waals surface area (Å²) in [4.78, 5) is 18.3. The molecule has 0 aliphatic rings. The molecule has 0 bridgehead atoms. The molecule has 1 amide bonds. The maximum atomic E-state index is 11.4. The van der Waals surface area contributed by atoms with Crippen molar-refractivity contribution in [1.29, 1.82) is 0 Å². The highest BCUT2D eigenvalue weighted by Crippen LogP contribution is 2.10. The number of amides is 1. The van der Waals surface area contributed by atoms with Crippen molar-refractivity contribution in [2.75, 3.05) is 18.5 Å². The summed E-state index contributed by atoms with van der Waals surface area (Å²) in [5.41, 5.74) is 6.00. The number of nitrogens with zero attached hydrogens (tertiary/aromatic N) is 1. The van der Waals surface area contributed by atoms with Crippen LogP contribution in [0.1, 0.15) is 17.3 Å². The van der Waals surface area contributed by atoms with Gasteiger partial charge < -0.3 is 11.1 Å². The Hall–Kier alpha value is -1.30. The number of hydrogen-bond donors (Lipinski definition) is 2. The highest BCUT2D eigenvalue weighted by Gasteiger charge is 2.16. The van der Waals surface area contributed by atoms with E-state index in [9.17, 15) is 4.79 Å². The van der Waals surface area contributed by atoms with E-state index < -0.39 is 0 Å². The Morgan fingerprint density at radius 1 is 1.79 bits per heavy atom. The molecule has 1 aromatic rings. The molecule has 14 heavy (non-hydrogen) atoms. The molecule has 76 valence electrons. The number of nitrogens with one attached hydrogen (secondary N) is 2. The molecule has 0 spiro atoms. The molecule has 0 aliphatic heterocycles. The molecule has 0 saturated carbocycles. The number of anilines is 1. The zero-order valence-corrected chi connectivity index (χ0v) is 8.94. The Balaban J connectivity index is 2.94. The van der Waals surface area contributed by atoms with Crippen molar-refractivity contribution < 1.29 is 9.78 Å². The van der Waals surface area contributed by atoms with Gasteiger partial charge in [-0.05, 0) is 29.9 Å². The number of thioether (sulfide) groups is 1. The zero-order chi connectivity index (χ0) is 10.6. The summed E-state index contributed by atoms with van der Waals surface area (Å²) in [7, 11) is 0. The highest BCUT2D eigenvalue weighted by atomic mass is 32.2. The minimum absolute atomic E-state index is 0.207. The molecule has 0 unspecified atom stereocenters. The largest absolute Gasteiger partial charge is 0.362 e. The minimum atomic E-state index is -0.207. The number of rotatable bonds is 3. The Morgan fingerprint density at radius 2 is 2.50 bits per heavy atom. The first-order valence-corrected chi connectivity index (χ1v) is 5.42. The van der Waals surface area contributed by atoms with Crippen LogP contribution in [0.5, 0.6) is 0 Å². The van der Waals surface area contributed by atoms with Crippen LogP contribution in [0, 0.1) is 0 Å². The van der Waals surface area contributed by atoms with Gasteiger partial charge in [-0.1, -0.05) is 0 Å². The summed E-state index contributed by atoms with van der Waals surface area (Å²) >= 11 is 1.44. The molecule has 0 aromatic carbocycles. The van der Waals surface area contributed by atoms with Crippen LogP contribution in [0.25, 0.3) is 0 Å². The maximum Gasteiger partial charge on any atom is 0.359 e. The van der Waals surface area contributed by atoms with E-state index in [-0.39, 0.29) is 11.7 Å². The topological polar surface area (TPSA) is 82.2 Å². The summed E-state index contributed by atoms with van der Waals surface area (Å²) in [6, 6.07) is 0. The first kappa shape index (κ1) is 10.8. The van der Waals surface area contributed by atoms with Crippen molar-refractivity contribution in [3.05, 3.63) is 11.8 Å². The van der Waals surface area contributed by atoms with Gasteiger partial charge in [0.2, 0.25) is 0 Å². The van der Waals surface area contributed by atoms with Crippen molar-refractivity contribution in [2.45, 2.75) is 12.1 Å². The second-order valence-electron chi connectivity index (χ2n) is 2.57. The number of H-pyrrole nitrogens is 1. The fourth-order valence-electron chi connectivity index (χ4n) is 0.952. The molecule has 0 aliphatic carbocycles. The van der Waals surface area contributed by atoms with Gasteiger partial charge in [0.15, 0.2) is 0 Å². The van der Waals surface area contributed by atoms with E-state index in [2.05, 4.69) is 15.3 Å². The second-order valence-corrected chi connectivity index (χ2v) is 3.36. The molecule has 1 aromatic heterocycles. The monoisotopic (exact) mass is 213 g/mol. The number of carbonyl (C=O) groups is 1. The van der Waals surface area contributed by atoms with Gasteiger partial charge in [0.05, 0.1) is 0 Å². The second kappa shape index (κ2) is 4.80. The van der Waals surface area contributed by atoms with Gasteiger partial charge >= 0.3 is 5.16 Å². The summed E-state index contributed by atoms with van der Waals surface area (Å²) in [6.07, 6.45) is 3.45. The summed E-state index contributed by atoms with van der Waals surface area (Å²) in [5.74, 6) is 0.0421. The molecular weight excluding hydrogens is 200 g/mol. The van der Waals surface area contributed by atoms with Crippen LogP contribution in [-0.2, 0) is 0 Å². The molecule has 5 nitrogen and oxygen atoms in total. The lowest BCUT2D eigenvalue weighted by Gasteiger charge is -2.00. The summed E-state index contributed by atoms with van der Waals surface area (Å²) in [5, 5.41) is 3.34. The van der Waals surface area contributed by atoms with Crippen molar-refractivity contribution in [3.8, 4) is 0 Å². The average molecular weight is 213 g/mol. The first-order chi connectivity index (χ1) is 6.69. The van der Waals surface area contributed by atoms with Crippen LogP contribution in [0.2, 0.25) is 0 Å². The van der Waals surface area contributed by atoms with E-state index >= 15 is 0 Å². The van der Waals surface area contributed by atoms with Crippen LogP contribution in [-0.4, -0.2) is 23.7 Å². The third kappa shape index (κ3) is 2.35. The molecule has 4 N–H and O–H groups in total. The van der Waals surface area contributed by atoms with Crippen molar-refractivity contribution in [2.24, 2.45) is 0 Å². The number of nitrogens with two attached hydrogens (primary N) is 1. The fourth-order valence-corrected chi connectivity index (χ4v) is 1.32. The van der Waals surface area contributed by atoms with Crippen LogP contribution < -0.4 is 16.0 Å². The zero-order valence-electron chi connectivity index (χ0n) is 8.13. The maximum absolute atomic E-state index is 11.4. The number of aromatic nitrogens is 2. The highest BCUT2D eigenvalue weighted by molar-refractivity contribution is 7.98. The van der Waals surface area contributed by atoms with Crippen LogP contribution in [0.15, 0.2) is 11.4 Å². The van der Waals surface area contributed by atoms with Gasteiger partial charge in [0.25, 0.3) is 11.7 Å². The Morgan fingerprint density at radius 3 is 3.00 bits per heavy atom. The summed E-state index contributed by atoms with van der Waals surface area (Å²) < 4.78 is 0. The van der Waals surface area contributed by atoms with Gasteiger partial charge in [-0.25, -0.2) is 4.98 Å². The standard InChI is InChI=1S/C8H12N4OS/c1-3-10-7(13)5-4-11-8(14-2)12-6(5)9/h4H,3H2,1-2H3,(H,10,13)(H2,9,11,12)/p+1. The van der Waals surface area contributed by atoms with E-state index in [1.807, 2.05) is 13.2 Å². The smallest absolute Gasteiger partial charge is 0.359 e. The number of nitrogen functional groups attached to an aromatic ring is 1. The van der Waals surface area contributed by atoms with Crippen LogP contribution in [0.3, 0.4) is 0 Å². The fraction of sp³-hybridized carbons (Fsp3) is 0.375. The van der Waals surface area contributed by atoms with E-state index in [1.54, 1.807) is 6.20 Å². The van der Waals surface area contributed by atoms with E-state index in [1.165, 1.54) is 11.8 Å². The third-order valence-electron chi connectivity index (χ3n) is 1.61. The molecule has 1 heterocycles. The van der Waals surface area contributed by atoms with Gasteiger partial charge in [-0.15, -0.1) is 0 Å². The number of aromatic amines is 1. The summed E-state index contributed by atoms with van der Waals surface area (Å²) in [6.45, 7) is 2.42. The molecule has 0 atom stereocenters. The quantitative estimate of drug-likeness (QED) is 0.545. The lowest BCUT2D eigenvalue weighted by Crippen LogP contribution is -2.26. The molecule has 6 heteroatoms. The van der Waals surface area contributed by atoms with Crippen LogP contribution >= 0.6 is 11.8 Å². The lowest BCUT2D eigenvalue weighted by molar-refractivity contribution is -0.433. The van der Waals surface area contributed by atoms with Crippen LogP contribution in [0.4, 0.5) is 5.82 Å². The van der Waals surface area contributed by atoms with E-state index in [0.717, 1.165) is 0 Å². The number of hydrogen-bond acceptors (Lipinski definition) is 4. The average Bonchev–Trinajstić information content (AvgIpc) is 2.17. The molecule has 0 saturated heterocycles.